The number of nitrogens with zero attached hydrogens (tertiary/aromatic N) is 2. The number of hydrogen-bond donors (Lipinski definition) is 2. The summed E-state index contributed by atoms with van der Waals surface area (Å²) in [5, 5.41) is 11.7. The van der Waals surface area contributed by atoms with E-state index in [0.29, 0.717) is 5.56 Å². The summed E-state index contributed by atoms with van der Waals surface area (Å²) in [5.74, 6) is -0.0967. The summed E-state index contributed by atoms with van der Waals surface area (Å²) in [6.07, 6.45) is 9.10. The molecule has 6 heteroatoms. The van der Waals surface area contributed by atoms with Crippen LogP contribution in [-0.2, 0) is 12.8 Å². The molecule has 1 amide bonds. The lowest BCUT2D eigenvalue weighted by atomic mass is 10.1. The number of anilines is 1. The molecular formula is C30H24N4OS. The number of fused-ring (bicyclic) bond motifs is 2. The standard InChI is InChI=1S/C30H24N4OS/c35-30(32-23-12-11-20-6-5-7-21(20)18-23)26-9-1-2-10-29(26)36-24-14-15-25-27(33-34-28(25)19-24)16-13-22-8-3-4-17-31-22/h1-4,8-19H,5-7H2,(H,32,35)(H,33,34)/b16-13+. The Morgan fingerprint density at radius 2 is 1.81 bits per heavy atom. The van der Waals surface area contributed by atoms with Crippen LogP contribution in [0, 0.1) is 0 Å². The van der Waals surface area contributed by atoms with Crippen molar-refractivity contribution in [3.63, 3.8) is 0 Å². The van der Waals surface area contributed by atoms with Crippen LogP contribution in [0.2, 0.25) is 0 Å². The second-order valence-corrected chi connectivity index (χ2v) is 9.91. The Balaban J connectivity index is 1.21. The van der Waals surface area contributed by atoms with Gasteiger partial charge in [0, 0.05) is 27.1 Å². The third-order valence-corrected chi connectivity index (χ3v) is 7.44. The molecule has 2 N–H and O–H groups in total. The number of carbonyl (C=O) groups excluding carboxylic acids is 1. The van der Waals surface area contributed by atoms with E-state index in [2.05, 4.69) is 50.8 Å². The van der Waals surface area contributed by atoms with Crippen molar-refractivity contribution in [3.05, 3.63) is 113 Å². The molecule has 0 saturated carbocycles. The van der Waals surface area contributed by atoms with Gasteiger partial charge in [0.15, 0.2) is 0 Å². The molecule has 5 nitrogen and oxygen atoms in total. The molecule has 0 atom stereocenters. The first-order chi connectivity index (χ1) is 17.7. The Bertz CT molecular complexity index is 1590. The van der Waals surface area contributed by atoms with Gasteiger partial charge in [-0.3, -0.25) is 14.9 Å². The fraction of sp³-hybridized carbons (Fsp3) is 0.100. The normalized spacial score (nSPS) is 12.8. The fourth-order valence-electron chi connectivity index (χ4n) is 4.57. The molecule has 2 aromatic heterocycles. The van der Waals surface area contributed by atoms with Gasteiger partial charge in [0.05, 0.1) is 22.5 Å². The maximum absolute atomic E-state index is 13.2. The summed E-state index contributed by atoms with van der Waals surface area (Å²) in [7, 11) is 0. The van der Waals surface area contributed by atoms with Crippen molar-refractivity contribution < 1.29 is 4.79 Å². The molecule has 176 valence electrons. The zero-order valence-corrected chi connectivity index (χ0v) is 20.4. The zero-order valence-electron chi connectivity index (χ0n) is 19.6. The molecule has 0 radical (unpaired) electrons. The van der Waals surface area contributed by atoms with Gasteiger partial charge in [-0.25, -0.2) is 0 Å². The molecule has 6 rings (SSSR count). The average Bonchev–Trinajstić information content (AvgIpc) is 3.54. The van der Waals surface area contributed by atoms with Crippen LogP contribution < -0.4 is 5.32 Å². The Hall–Kier alpha value is -4.16. The van der Waals surface area contributed by atoms with E-state index in [1.54, 1.807) is 18.0 Å². The van der Waals surface area contributed by atoms with Crippen LogP contribution in [0.4, 0.5) is 5.69 Å². The molecular weight excluding hydrogens is 464 g/mol. The highest BCUT2D eigenvalue weighted by molar-refractivity contribution is 7.99. The van der Waals surface area contributed by atoms with Crippen molar-refractivity contribution in [3.8, 4) is 0 Å². The average molecular weight is 489 g/mol. The predicted molar refractivity (Wildman–Crippen MR) is 146 cm³/mol. The van der Waals surface area contributed by atoms with E-state index in [1.807, 2.05) is 60.7 Å². The number of nitrogens with one attached hydrogen (secondary N) is 2. The predicted octanol–water partition coefficient (Wildman–Crippen LogP) is 7.02. The van der Waals surface area contributed by atoms with E-state index in [1.165, 1.54) is 17.5 Å². The number of benzene rings is 3. The third kappa shape index (κ3) is 4.68. The molecule has 0 fully saturated rings. The molecule has 36 heavy (non-hydrogen) atoms. The smallest absolute Gasteiger partial charge is 0.256 e. The Kier molecular flexibility index (Phi) is 6.10. The monoisotopic (exact) mass is 488 g/mol. The molecule has 2 heterocycles. The van der Waals surface area contributed by atoms with Gasteiger partial charge in [-0.15, -0.1) is 0 Å². The van der Waals surface area contributed by atoms with Crippen molar-refractivity contribution in [2.24, 2.45) is 0 Å². The molecule has 0 bridgehead atoms. The molecule has 0 unspecified atom stereocenters. The molecule has 0 saturated heterocycles. The highest BCUT2D eigenvalue weighted by Gasteiger charge is 2.15. The quantitative estimate of drug-likeness (QED) is 0.269. The Morgan fingerprint density at radius 3 is 2.72 bits per heavy atom. The van der Waals surface area contributed by atoms with Crippen molar-refractivity contribution in [1.82, 2.24) is 15.2 Å². The lowest BCUT2D eigenvalue weighted by molar-refractivity contribution is 0.102. The van der Waals surface area contributed by atoms with E-state index in [0.717, 1.165) is 50.6 Å². The number of H-pyrrole nitrogens is 1. The van der Waals surface area contributed by atoms with Gasteiger partial charge in [0.25, 0.3) is 5.91 Å². The Morgan fingerprint density at radius 1 is 0.917 bits per heavy atom. The summed E-state index contributed by atoms with van der Waals surface area (Å²) < 4.78 is 0. The second kappa shape index (κ2) is 9.84. The first-order valence-electron chi connectivity index (χ1n) is 12.0. The van der Waals surface area contributed by atoms with Gasteiger partial charge < -0.3 is 5.32 Å². The number of aromatic amines is 1. The van der Waals surface area contributed by atoms with E-state index < -0.39 is 0 Å². The second-order valence-electron chi connectivity index (χ2n) is 8.79. The largest absolute Gasteiger partial charge is 0.322 e. The van der Waals surface area contributed by atoms with E-state index in [9.17, 15) is 4.79 Å². The van der Waals surface area contributed by atoms with Gasteiger partial charge >= 0.3 is 0 Å². The number of amides is 1. The van der Waals surface area contributed by atoms with Gasteiger partial charge in [0.1, 0.15) is 0 Å². The highest BCUT2D eigenvalue weighted by atomic mass is 32.2. The maximum Gasteiger partial charge on any atom is 0.256 e. The van der Waals surface area contributed by atoms with Crippen molar-refractivity contribution in [1.29, 1.82) is 0 Å². The highest BCUT2D eigenvalue weighted by Crippen LogP contribution is 2.33. The topological polar surface area (TPSA) is 70.7 Å². The number of rotatable bonds is 6. The maximum atomic E-state index is 13.2. The zero-order chi connectivity index (χ0) is 24.3. The van der Waals surface area contributed by atoms with Crippen LogP contribution in [-0.4, -0.2) is 21.1 Å². The molecule has 0 spiro atoms. The number of hydrogen-bond acceptors (Lipinski definition) is 4. The fourth-order valence-corrected chi connectivity index (χ4v) is 5.55. The van der Waals surface area contributed by atoms with Crippen molar-refractivity contribution >= 4 is 46.4 Å². The summed E-state index contributed by atoms with van der Waals surface area (Å²) in [4.78, 5) is 19.4. The van der Waals surface area contributed by atoms with Crippen LogP contribution in [0.1, 0.15) is 39.3 Å². The molecule has 3 aromatic carbocycles. The SMILES string of the molecule is O=C(Nc1ccc2c(c1)CCC2)c1ccccc1Sc1ccc2c(/C=C/c3ccccn3)n[nH]c2c1. The minimum absolute atomic E-state index is 0.0967. The number of carbonyl (C=O) groups is 1. The number of aromatic nitrogens is 3. The number of aryl methyl sites for hydroxylation is 2. The first-order valence-corrected chi connectivity index (χ1v) is 12.8. The third-order valence-electron chi connectivity index (χ3n) is 6.38. The first kappa shape index (κ1) is 22.3. The van der Waals surface area contributed by atoms with Crippen molar-refractivity contribution in [2.75, 3.05) is 5.32 Å². The van der Waals surface area contributed by atoms with Crippen LogP contribution >= 0.6 is 11.8 Å². The molecule has 1 aliphatic carbocycles. The summed E-state index contributed by atoms with van der Waals surface area (Å²) >= 11 is 1.57. The van der Waals surface area contributed by atoms with Gasteiger partial charge in [-0.1, -0.05) is 36.0 Å². The summed E-state index contributed by atoms with van der Waals surface area (Å²) in [5.41, 5.74) is 6.95. The van der Waals surface area contributed by atoms with Gasteiger partial charge in [-0.05, 0) is 97.1 Å². The van der Waals surface area contributed by atoms with Gasteiger partial charge in [-0.2, -0.15) is 5.10 Å². The van der Waals surface area contributed by atoms with E-state index >= 15 is 0 Å². The van der Waals surface area contributed by atoms with Crippen LogP contribution in [0.3, 0.4) is 0 Å². The van der Waals surface area contributed by atoms with Crippen molar-refractivity contribution in [2.45, 2.75) is 29.1 Å². The summed E-state index contributed by atoms with van der Waals surface area (Å²) in [6.45, 7) is 0. The summed E-state index contributed by atoms with van der Waals surface area (Å²) in [6, 6.07) is 26.0. The minimum atomic E-state index is -0.0967. The van der Waals surface area contributed by atoms with Crippen LogP contribution in [0.25, 0.3) is 23.1 Å². The van der Waals surface area contributed by atoms with Crippen LogP contribution in [0.5, 0.6) is 0 Å². The van der Waals surface area contributed by atoms with E-state index in [-0.39, 0.29) is 5.91 Å². The van der Waals surface area contributed by atoms with E-state index in [4.69, 9.17) is 0 Å². The minimum Gasteiger partial charge on any atom is -0.322 e. The lowest BCUT2D eigenvalue weighted by Crippen LogP contribution is -2.13. The number of pyridine rings is 1. The molecule has 5 aromatic rings. The lowest BCUT2D eigenvalue weighted by Gasteiger charge is -2.11. The Labute approximate surface area is 213 Å². The molecule has 0 aliphatic heterocycles. The molecule has 1 aliphatic rings. The van der Waals surface area contributed by atoms with Crippen LogP contribution in [0.15, 0.2) is 94.9 Å². The van der Waals surface area contributed by atoms with Gasteiger partial charge in [0.2, 0.25) is 0 Å².